The second-order valence-electron chi connectivity index (χ2n) is 5.62. The highest BCUT2D eigenvalue weighted by Gasteiger charge is 2.16. The van der Waals surface area contributed by atoms with Gasteiger partial charge in [0.2, 0.25) is 0 Å². The number of aromatic nitrogens is 1. The van der Waals surface area contributed by atoms with E-state index in [2.05, 4.69) is 27.8 Å². The normalized spacial score (nSPS) is 10.7. The molecule has 0 aliphatic rings. The quantitative estimate of drug-likeness (QED) is 0.561. The first-order chi connectivity index (χ1) is 12.0. The number of ether oxygens (including phenoxy) is 2. The molecule has 2 aromatic rings. The molecule has 1 aromatic carbocycles. The molecule has 5 nitrogen and oxygen atoms in total. The van der Waals surface area contributed by atoms with Gasteiger partial charge in [-0.2, -0.15) is 0 Å². The lowest BCUT2D eigenvalue weighted by molar-refractivity contribution is -0.254. The molecule has 0 amide bonds. The molecule has 7 heteroatoms. The van der Waals surface area contributed by atoms with Crippen LogP contribution >= 0.6 is 27.3 Å². The van der Waals surface area contributed by atoms with E-state index >= 15 is 0 Å². The molecule has 0 radical (unpaired) electrons. The summed E-state index contributed by atoms with van der Waals surface area (Å²) in [6, 6.07) is 3.67. The van der Waals surface area contributed by atoms with Crippen LogP contribution in [0.4, 0.5) is 0 Å². The third-order valence-electron chi connectivity index (χ3n) is 3.70. The van der Waals surface area contributed by atoms with Crippen molar-refractivity contribution >= 4 is 33.2 Å². The maximum atomic E-state index is 11.1. The van der Waals surface area contributed by atoms with Crippen LogP contribution in [0.3, 0.4) is 0 Å². The van der Waals surface area contributed by atoms with Crippen molar-refractivity contribution < 1.29 is 19.4 Å². The fourth-order valence-corrected chi connectivity index (χ4v) is 3.84. The predicted molar refractivity (Wildman–Crippen MR) is 101 cm³/mol. The van der Waals surface area contributed by atoms with E-state index in [0.29, 0.717) is 28.8 Å². The second kappa shape index (κ2) is 9.20. The summed E-state index contributed by atoms with van der Waals surface area (Å²) in [6.45, 7) is 4.45. The lowest BCUT2D eigenvalue weighted by atomic mass is 10.2. The van der Waals surface area contributed by atoms with Crippen molar-refractivity contribution in [3.63, 3.8) is 0 Å². The second-order valence-corrected chi connectivity index (χ2v) is 7.47. The molecule has 0 bridgehead atoms. The largest absolute Gasteiger partial charge is 0.544 e. The lowest BCUT2D eigenvalue weighted by Gasteiger charge is -2.14. The molecule has 0 N–H and O–H groups in total. The van der Waals surface area contributed by atoms with E-state index in [1.165, 1.54) is 12.8 Å². The van der Waals surface area contributed by atoms with Crippen molar-refractivity contribution in [2.75, 3.05) is 13.7 Å². The van der Waals surface area contributed by atoms with Gasteiger partial charge in [-0.25, -0.2) is 4.98 Å². The number of carboxylic acid groups (broad SMARTS) is 1. The van der Waals surface area contributed by atoms with Crippen molar-refractivity contribution in [3.8, 4) is 22.1 Å². The van der Waals surface area contributed by atoms with Crippen LogP contribution in [-0.4, -0.2) is 24.7 Å². The molecule has 2 rings (SSSR count). The van der Waals surface area contributed by atoms with Crippen LogP contribution in [0.1, 0.15) is 48.0 Å². The standard InChI is InChI=1S/C18H22BrNO4S/c1-4-5-6-7-8-24-15-13(19)9-12(10-14(15)23-3)17-20-11(2)16(25-17)18(21)22/h9-10H,4-8H2,1-3H3,(H,21,22)/p-1. The molecule has 0 unspecified atom stereocenters. The number of halogens is 1. The topological polar surface area (TPSA) is 71.5 Å². The van der Waals surface area contributed by atoms with Crippen LogP contribution in [0, 0.1) is 6.92 Å². The van der Waals surface area contributed by atoms with Gasteiger partial charge in [0.25, 0.3) is 0 Å². The van der Waals surface area contributed by atoms with Crippen LogP contribution in [0.2, 0.25) is 0 Å². The zero-order valence-electron chi connectivity index (χ0n) is 14.6. The fraction of sp³-hybridized carbons (Fsp3) is 0.444. The number of carbonyl (C=O) groups excluding carboxylic acids is 1. The summed E-state index contributed by atoms with van der Waals surface area (Å²) in [4.78, 5) is 15.6. The van der Waals surface area contributed by atoms with Crippen LogP contribution in [0.5, 0.6) is 11.5 Å². The molecule has 0 fully saturated rings. The fourth-order valence-electron chi connectivity index (χ4n) is 2.40. The molecule has 0 aliphatic heterocycles. The van der Waals surface area contributed by atoms with E-state index in [9.17, 15) is 9.90 Å². The molecule has 1 aromatic heterocycles. The number of unbranched alkanes of at least 4 members (excludes halogenated alkanes) is 3. The average Bonchev–Trinajstić information content (AvgIpc) is 2.97. The van der Waals surface area contributed by atoms with E-state index in [4.69, 9.17) is 9.47 Å². The Morgan fingerprint density at radius 2 is 2.08 bits per heavy atom. The van der Waals surface area contributed by atoms with Crippen LogP contribution in [0.15, 0.2) is 16.6 Å². The van der Waals surface area contributed by atoms with Gasteiger partial charge in [-0.15, -0.1) is 11.3 Å². The zero-order chi connectivity index (χ0) is 18.4. The first kappa shape index (κ1) is 19.7. The number of carbonyl (C=O) groups is 1. The maximum Gasteiger partial charge on any atom is 0.175 e. The summed E-state index contributed by atoms with van der Waals surface area (Å²) in [6.07, 6.45) is 4.51. The highest BCUT2D eigenvalue weighted by molar-refractivity contribution is 9.10. The van der Waals surface area contributed by atoms with Crippen LogP contribution < -0.4 is 14.6 Å². The van der Waals surface area contributed by atoms with E-state index in [1.54, 1.807) is 14.0 Å². The number of methoxy groups -OCH3 is 1. The number of benzene rings is 1. The molecule has 0 spiro atoms. The van der Waals surface area contributed by atoms with E-state index in [-0.39, 0.29) is 4.88 Å². The van der Waals surface area contributed by atoms with Crippen LogP contribution in [-0.2, 0) is 0 Å². The van der Waals surface area contributed by atoms with Crippen molar-refractivity contribution in [3.05, 3.63) is 27.2 Å². The van der Waals surface area contributed by atoms with Crippen molar-refractivity contribution in [2.45, 2.75) is 39.5 Å². The van der Waals surface area contributed by atoms with Crippen molar-refractivity contribution in [1.29, 1.82) is 0 Å². The summed E-state index contributed by atoms with van der Waals surface area (Å²) in [5.41, 5.74) is 1.22. The SMILES string of the molecule is CCCCCCOc1c(Br)cc(-c2nc(C)c(C(=O)[O-])s2)cc1OC. The van der Waals surface area contributed by atoms with Gasteiger partial charge >= 0.3 is 0 Å². The summed E-state index contributed by atoms with van der Waals surface area (Å²) in [7, 11) is 1.58. The van der Waals surface area contributed by atoms with E-state index in [0.717, 1.165) is 34.2 Å². The minimum atomic E-state index is -1.21. The van der Waals surface area contributed by atoms with Crippen LogP contribution in [0.25, 0.3) is 10.6 Å². The van der Waals surface area contributed by atoms with Gasteiger partial charge in [0.15, 0.2) is 11.5 Å². The molecule has 0 saturated carbocycles. The summed E-state index contributed by atoms with van der Waals surface area (Å²) >= 11 is 4.61. The molecular weight excluding hydrogens is 406 g/mol. The minimum Gasteiger partial charge on any atom is -0.544 e. The average molecular weight is 427 g/mol. The van der Waals surface area contributed by atoms with Gasteiger partial charge in [-0.1, -0.05) is 26.2 Å². The number of rotatable bonds is 9. The number of hydrogen-bond acceptors (Lipinski definition) is 6. The Kier molecular flexibility index (Phi) is 7.25. The molecule has 136 valence electrons. The van der Waals surface area contributed by atoms with Gasteiger partial charge in [0.1, 0.15) is 5.01 Å². The molecule has 0 saturated heterocycles. The zero-order valence-corrected chi connectivity index (χ0v) is 17.0. The molecule has 0 aliphatic carbocycles. The van der Waals surface area contributed by atoms with Gasteiger partial charge in [0, 0.05) is 5.56 Å². The number of carboxylic acids is 1. The monoisotopic (exact) mass is 426 g/mol. The van der Waals surface area contributed by atoms with Gasteiger partial charge in [-0.05, 0) is 41.4 Å². The third kappa shape index (κ3) is 4.95. The maximum absolute atomic E-state index is 11.1. The number of hydrogen-bond donors (Lipinski definition) is 0. The van der Waals surface area contributed by atoms with E-state index in [1.807, 2.05) is 12.1 Å². The van der Waals surface area contributed by atoms with E-state index < -0.39 is 5.97 Å². The smallest absolute Gasteiger partial charge is 0.175 e. The first-order valence-electron chi connectivity index (χ1n) is 8.17. The molecule has 1 heterocycles. The summed E-state index contributed by atoms with van der Waals surface area (Å²) < 4.78 is 12.1. The molecular formula is C18H21BrNO4S-. The Hall–Kier alpha value is -1.60. The summed E-state index contributed by atoms with van der Waals surface area (Å²) in [5, 5.41) is 11.7. The highest BCUT2D eigenvalue weighted by Crippen LogP contribution is 2.41. The van der Waals surface area contributed by atoms with Gasteiger partial charge < -0.3 is 19.4 Å². The third-order valence-corrected chi connectivity index (χ3v) is 5.48. The number of thiazole rings is 1. The Bertz CT molecular complexity index is 745. The number of nitrogens with zero attached hydrogens (tertiary/aromatic N) is 1. The Balaban J connectivity index is 2.23. The predicted octanol–water partition coefficient (Wildman–Crippen LogP) is 4.21. The lowest BCUT2D eigenvalue weighted by Crippen LogP contribution is -2.21. The summed E-state index contributed by atoms with van der Waals surface area (Å²) in [5.74, 6) is 0.0261. The highest BCUT2D eigenvalue weighted by atomic mass is 79.9. The first-order valence-corrected chi connectivity index (χ1v) is 9.78. The Morgan fingerprint density at radius 3 is 2.68 bits per heavy atom. The minimum absolute atomic E-state index is 0.140. The molecule has 0 atom stereocenters. The number of aromatic carboxylic acids is 1. The number of aryl methyl sites for hydroxylation is 1. The van der Waals surface area contributed by atoms with Gasteiger partial charge in [0.05, 0.1) is 34.7 Å². The van der Waals surface area contributed by atoms with Gasteiger partial charge in [-0.3, -0.25) is 0 Å². The Labute approximate surface area is 160 Å². The van der Waals surface area contributed by atoms with Crippen molar-refractivity contribution in [2.24, 2.45) is 0 Å². The van der Waals surface area contributed by atoms with Crippen molar-refractivity contribution in [1.82, 2.24) is 4.98 Å². The molecule has 25 heavy (non-hydrogen) atoms. The Morgan fingerprint density at radius 1 is 1.32 bits per heavy atom.